The Morgan fingerprint density at radius 3 is 2.67 bits per heavy atom. The highest BCUT2D eigenvalue weighted by atomic mass is 19.4. The quantitative estimate of drug-likeness (QED) is 0.835. The molecule has 1 atom stereocenters. The van der Waals surface area contributed by atoms with Gasteiger partial charge in [-0.2, -0.15) is 18.2 Å². The number of ether oxygens (including phenoxy) is 1. The Morgan fingerprint density at radius 2 is 2.20 bits per heavy atom. The highest BCUT2D eigenvalue weighted by Gasteiger charge is 2.27. The molecule has 1 aromatic heterocycles. The van der Waals surface area contributed by atoms with Gasteiger partial charge in [0.1, 0.15) is 19.3 Å². The molecule has 0 aliphatic carbocycles. The molecule has 0 aromatic carbocycles. The average molecular weight is 226 g/mol. The van der Waals surface area contributed by atoms with E-state index in [2.05, 4.69) is 19.4 Å². The minimum Gasteiger partial charge on any atom is -0.385 e. The van der Waals surface area contributed by atoms with E-state index in [0.29, 0.717) is 0 Å². The summed E-state index contributed by atoms with van der Waals surface area (Å²) in [5, 5.41) is 12.3. The Labute approximate surface area is 82.8 Å². The average Bonchev–Trinajstić information content (AvgIpc) is 2.50. The lowest BCUT2D eigenvalue weighted by Crippen LogP contribution is -2.16. The van der Waals surface area contributed by atoms with Crippen molar-refractivity contribution in [3.63, 3.8) is 0 Å². The van der Waals surface area contributed by atoms with Gasteiger partial charge in [0.25, 0.3) is 5.89 Å². The Morgan fingerprint density at radius 1 is 1.53 bits per heavy atom. The van der Waals surface area contributed by atoms with Gasteiger partial charge in [-0.05, 0) is 6.92 Å². The van der Waals surface area contributed by atoms with Crippen LogP contribution in [0.15, 0.2) is 4.52 Å². The molecule has 86 valence electrons. The van der Waals surface area contributed by atoms with E-state index < -0.39 is 25.5 Å². The number of alkyl halides is 3. The first-order chi connectivity index (χ1) is 6.88. The summed E-state index contributed by atoms with van der Waals surface area (Å²) in [6, 6.07) is 0. The summed E-state index contributed by atoms with van der Waals surface area (Å²) in [6.45, 7) is -0.399. The molecule has 5 nitrogen and oxygen atoms in total. The van der Waals surface area contributed by atoms with Gasteiger partial charge >= 0.3 is 6.18 Å². The number of aliphatic hydroxyl groups excluding tert-OH is 1. The number of hydrogen-bond acceptors (Lipinski definition) is 5. The van der Waals surface area contributed by atoms with Crippen molar-refractivity contribution in [3.05, 3.63) is 11.7 Å². The van der Waals surface area contributed by atoms with E-state index in [1.54, 1.807) is 0 Å². The lowest BCUT2D eigenvalue weighted by atomic mass is 10.4. The molecule has 0 bridgehead atoms. The normalized spacial score (nSPS) is 14.2. The fourth-order valence-corrected chi connectivity index (χ4v) is 0.750. The van der Waals surface area contributed by atoms with Crippen LogP contribution in [0.3, 0.4) is 0 Å². The number of rotatable bonds is 4. The number of hydrogen-bond donors (Lipinski definition) is 1. The van der Waals surface area contributed by atoms with Crippen LogP contribution < -0.4 is 0 Å². The number of halogens is 3. The Balaban J connectivity index is 2.38. The zero-order chi connectivity index (χ0) is 11.5. The summed E-state index contributed by atoms with van der Waals surface area (Å²) in [4.78, 5) is 3.61. The van der Waals surface area contributed by atoms with Gasteiger partial charge < -0.3 is 14.4 Å². The molecule has 0 aliphatic heterocycles. The van der Waals surface area contributed by atoms with Gasteiger partial charge in [-0.15, -0.1) is 0 Å². The van der Waals surface area contributed by atoms with E-state index in [1.165, 1.54) is 6.92 Å². The van der Waals surface area contributed by atoms with E-state index in [-0.39, 0.29) is 11.7 Å². The SMILES string of the molecule is CC(O)c1noc(COCC(F)(F)F)n1. The van der Waals surface area contributed by atoms with Gasteiger partial charge in [-0.25, -0.2) is 0 Å². The molecule has 0 aliphatic rings. The molecule has 1 heterocycles. The van der Waals surface area contributed by atoms with Gasteiger partial charge in [0.15, 0.2) is 5.82 Å². The zero-order valence-electron chi connectivity index (χ0n) is 7.78. The summed E-state index contributed by atoms with van der Waals surface area (Å²) >= 11 is 0. The molecule has 1 unspecified atom stereocenters. The van der Waals surface area contributed by atoms with Crippen LogP contribution in [0.25, 0.3) is 0 Å². The molecule has 0 amide bonds. The summed E-state index contributed by atoms with van der Waals surface area (Å²) in [5.41, 5.74) is 0. The topological polar surface area (TPSA) is 68.4 Å². The first-order valence-corrected chi connectivity index (χ1v) is 4.03. The fourth-order valence-electron chi connectivity index (χ4n) is 0.750. The van der Waals surface area contributed by atoms with Crippen molar-refractivity contribution in [3.8, 4) is 0 Å². The predicted octanol–water partition coefficient (Wildman–Crippen LogP) is 1.20. The van der Waals surface area contributed by atoms with Crippen LogP contribution >= 0.6 is 0 Å². The first kappa shape index (κ1) is 11.9. The summed E-state index contributed by atoms with van der Waals surface area (Å²) in [7, 11) is 0. The summed E-state index contributed by atoms with van der Waals surface area (Å²) in [6.07, 6.45) is -5.31. The van der Waals surface area contributed by atoms with E-state index in [1.807, 2.05) is 0 Å². The van der Waals surface area contributed by atoms with Crippen LogP contribution in [0.2, 0.25) is 0 Å². The van der Waals surface area contributed by atoms with Gasteiger partial charge in [-0.1, -0.05) is 5.16 Å². The number of aliphatic hydroxyl groups is 1. The van der Waals surface area contributed by atoms with Gasteiger partial charge in [0.2, 0.25) is 0 Å². The lowest BCUT2D eigenvalue weighted by Gasteiger charge is -2.04. The Bertz CT molecular complexity index is 311. The highest BCUT2D eigenvalue weighted by molar-refractivity contribution is 4.87. The van der Waals surface area contributed by atoms with Crippen molar-refractivity contribution in [2.24, 2.45) is 0 Å². The molecule has 0 saturated carbocycles. The largest absolute Gasteiger partial charge is 0.411 e. The third-order valence-corrected chi connectivity index (χ3v) is 1.35. The number of nitrogens with zero attached hydrogens (tertiary/aromatic N) is 2. The predicted molar refractivity (Wildman–Crippen MR) is 40.6 cm³/mol. The molecule has 0 spiro atoms. The van der Waals surface area contributed by atoms with Crippen LogP contribution in [0, 0.1) is 0 Å². The van der Waals surface area contributed by atoms with Crippen LogP contribution in [0.4, 0.5) is 13.2 Å². The maximum Gasteiger partial charge on any atom is 0.411 e. The second-order valence-corrected chi connectivity index (χ2v) is 2.83. The third kappa shape index (κ3) is 4.26. The highest BCUT2D eigenvalue weighted by Crippen LogP contribution is 2.15. The van der Waals surface area contributed by atoms with Gasteiger partial charge in [0.05, 0.1) is 0 Å². The van der Waals surface area contributed by atoms with Crippen LogP contribution in [0.5, 0.6) is 0 Å². The molecule has 0 saturated heterocycles. The van der Waals surface area contributed by atoms with Crippen molar-refractivity contribution in [1.82, 2.24) is 10.1 Å². The van der Waals surface area contributed by atoms with E-state index in [9.17, 15) is 13.2 Å². The van der Waals surface area contributed by atoms with Crippen molar-refractivity contribution in [2.75, 3.05) is 6.61 Å². The fraction of sp³-hybridized carbons (Fsp3) is 0.714. The number of aromatic nitrogens is 2. The standard InChI is InChI=1S/C7H9F3N2O3/c1-4(13)6-11-5(15-12-6)2-14-3-7(8,9)10/h4,13H,2-3H2,1H3. The molecular formula is C7H9F3N2O3. The summed E-state index contributed by atoms with van der Waals surface area (Å²) in [5.74, 6) is -0.0873. The molecule has 1 N–H and O–H groups in total. The van der Waals surface area contributed by atoms with E-state index >= 15 is 0 Å². The monoisotopic (exact) mass is 226 g/mol. The molecule has 1 aromatic rings. The maximum atomic E-state index is 11.7. The lowest BCUT2D eigenvalue weighted by molar-refractivity contribution is -0.178. The molecule has 15 heavy (non-hydrogen) atoms. The first-order valence-electron chi connectivity index (χ1n) is 4.03. The third-order valence-electron chi connectivity index (χ3n) is 1.35. The molecule has 1 rings (SSSR count). The summed E-state index contributed by atoms with van der Waals surface area (Å²) < 4.78 is 43.8. The maximum absolute atomic E-state index is 11.7. The van der Waals surface area contributed by atoms with Crippen LogP contribution in [-0.4, -0.2) is 28.0 Å². The minimum absolute atomic E-state index is 0.0145. The Hall–Kier alpha value is -1.15. The zero-order valence-corrected chi connectivity index (χ0v) is 7.78. The molecule has 0 fully saturated rings. The van der Waals surface area contributed by atoms with Crippen molar-refractivity contribution >= 4 is 0 Å². The molecule has 8 heteroatoms. The molecular weight excluding hydrogens is 217 g/mol. The van der Waals surface area contributed by atoms with Gasteiger partial charge in [0, 0.05) is 0 Å². The van der Waals surface area contributed by atoms with E-state index in [0.717, 1.165) is 0 Å². The van der Waals surface area contributed by atoms with Crippen LogP contribution in [-0.2, 0) is 11.3 Å². The Kier molecular flexibility index (Phi) is 3.64. The smallest absolute Gasteiger partial charge is 0.385 e. The second kappa shape index (κ2) is 4.58. The van der Waals surface area contributed by atoms with Gasteiger partial charge in [-0.3, -0.25) is 0 Å². The van der Waals surface area contributed by atoms with Crippen molar-refractivity contribution in [2.45, 2.75) is 25.8 Å². The van der Waals surface area contributed by atoms with Crippen molar-refractivity contribution < 1.29 is 27.5 Å². The van der Waals surface area contributed by atoms with Crippen LogP contribution in [0.1, 0.15) is 24.7 Å². The van der Waals surface area contributed by atoms with E-state index in [4.69, 9.17) is 5.11 Å². The molecule has 0 radical (unpaired) electrons. The second-order valence-electron chi connectivity index (χ2n) is 2.83. The minimum atomic E-state index is -4.38. The van der Waals surface area contributed by atoms with Crippen molar-refractivity contribution in [1.29, 1.82) is 0 Å².